The first-order valence-electron chi connectivity index (χ1n) is 7.63. The van der Waals surface area contributed by atoms with E-state index in [0.29, 0.717) is 5.02 Å². The van der Waals surface area contributed by atoms with Crippen molar-refractivity contribution in [2.24, 2.45) is 0 Å². The van der Waals surface area contributed by atoms with Crippen molar-refractivity contribution < 1.29 is 27.5 Å². The summed E-state index contributed by atoms with van der Waals surface area (Å²) < 4.78 is 42.9. The number of halogens is 4. The number of nitrogens with one attached hydrogen (secondary N) is 1. The normalized spacial score (nSPS) is 12.6. The Morgan fingerprint density at radius 1 is 1.26 bits per heavy atom. The molecule has 1 aromatic carbocycles. The second-order valence-corrected chi connectivity index (χ2v) is 5.82. The summed E-state index contributed by atoms with van der Waals surface area (Å²) in [6, 6.07) is 7.45. The molecule has 0 saturated heterocycles. The van der Waals surface area contributed by atoms with Crippen LogP contribution in [0.15, 0.2) is 48.7 Å². The first-order valence-corrected chi connectivity index (χ1v) is 8.01. The minimum atomic E-state index is -4.48. The van der Waals surface area contributed by atoms with E-state index in [0.717, 1.165) is 18.2 Å². The summed E-state index contributed by atoms with van der Waals surface area (Å²) in [7, 11) is 0. The van der Waals surface area contributed by atoms with Crippen molar-refractivity contribution in [2.45, 2.75) is 19.2 Å². The Morgan fingerprint density at radius 3 is 2.63 bits per heavy atom. The summed E-state index contributed by atoms with van der Waals surface area (Å²) in [6.45, 7) is 1.35. The maximum Gasteiger partial charge on any atom is 0.416 e. The van der Waals surface area contributed by atoms with Crippen LogP contribution in [0.2, 0.25) is 5.02 Å². The van der Waals surface area contributed by atoms with E-state index < -0.39 is 29.7 Å². The molecular weight excluding hydrogens is 385 g/mol. The lowest BCUT2D eigenvalue weighted by Crippen LogP contribution is -2.29. The Hall–Kier alpha value is -2.87. The van der Waals surface area contributed by atoms with Gasteiger partial charge in [-0.3, -0.25) is 4.79 Å². The molecule has 0 saturated carbocycles. The van der Waals surface area contributed by atoms with Gasteiger partial charge in [0.05, 0.1) is 10.6 Å². The van der Waals surface area contributed by atoms with Gasteiger partial charge in [0.25, 0.3) is 5.91 Å². The molecule has 0 unspecified atom stereocenters. The van der Waals surface area contributed by atoms with Gasteiger partial charge in [0.15, 0.2) is 6.10 Å². The molecule has 142 valence electrons. The SMILES string of the molecule is C[C@@H](OC(=O)/C=C/c1cccc(C(F)(F)F)c1)C(=O)Nc1ccc(Cl)cn1. The first kappa shape index (κ1) is 20.4. The molecule has 2 rings (SSSR count). The second kappa shape index (κ2) is 8.68. The summed E-state index contributed by atoms with van der Waals surface area (Å²) in [6.07, 6.45) is -2.16. The van der Waals surface area contributed by atoms with Crippen molar-refractivity contribution in [1.82, 2.24) is 4.98 Å². The van der Waals surface area contributed by atoms with E-state index in [4.69, 9.17) is 16.3 Å². The van der Waals surface area contributed by atoms with Crippen LogP contribution in [-0.2, 0) is 20.5 Å². The average molecular weight is 399 g/mol. The van der Waals surface area contributed by atoms with Gasteiger partial charge >= 0.3 is 12.1 Å². The van der Waals surface area contributed by atoms with Crippen LogP contribution in [0.4, 0.5) is 19.0 Å². The summed E-state index contributed by atoms with van der Waals surface area (Å²) in [4.78, 5) is 27.6. The van der Waals surface area contributed by atoms with Crippen LogP contribution in [0, 0.1) is 0 Å². The standard InChI is InChI=1S/C18H14ClF3N2O3/c1-11(17(26)24-15-7-6-14(19)10-23-15)27-16(25)8-5-12-3-2-4-13(9-12)18(20,21)22/h2-11H,1H3,(H,23,24,26)/b8-5+/t11-/m1/s1. The average Bonchev–Trinajstić information content (AvgIpc) is 2.61. The van der Waals surface area contributed by atoms with Crippen LogP contribution >= 0.6 is 11.6 Å². The van der Waals surface area contributed by atoms with Crippen LogP contribution in [0.25, 0.3) is 6.08 Å². The highest BCUT2D eigenvalue weighted by atomic mass is 35.5. The number of anilines is 1. The van der Waals surface area contributed by atoms with Gasteiger partial charge in [-0.25, -0.2) is 9.78 Å². The molecule has 0 bridgehead atoms. The van der Waals surface area contributed by atoms with Crippen molar-refractivity contribution in [3.63, 3.8) is 0 Å². The molecule has 0 aliphatic heterocycles. The van der Waals surface area contributed by atoms with E-state index in [9.17, 15) is 22.8 Å². The van der Waals surface area contributed by atoms with Gasteiger partial charge < -0.3 is 10.1 Å². The highest BCUT2D eigenvalue weighted by Crippen LogP contribution is 2.29. The number of ether oxygens (including phenoxy) is 1. The molecule has 1 heterocycles. The molecule has 9 heteroatoms. The summed E-state index contributed by atoms with van der Waals surface area (Å²) in [5, 5.41) is 2.83. The van der Waals surface area contributed by atoms with E-state index in [1.165, 1.54) is 43.5 Å². The van der Waals surface area contributed by atoms with Crippen LogP contribution in [0.3, 0.4) is 0 Å². The molecule has 1 N–H and O–H groups in total. The largest absolute Gasteiger partial charge is 0.449 e. The highest BCUT2D eigenvalue weighted by molar-refractivity contribution is 6.30. The fourth-order valence-corrected chi connectivity index (χ4v) is 2.04. The van der Waals surface area contributed by atoms with Gasteiger partial charge in [-0.15, -0.1) is 0 Å². The lowest BCUT2D eigenvalue weighted by Gasteiger charge is -2.11. The molecule has 1 aromatic heterocycles. The third kappa shape index (κ3) is 6.41. The van der Waals surface area contributed by atoms with E-state index in [2.05, 4.69) is 10.3 Å². The van der Waals surface area contributed by atoms with E-state index in [-0.39, 0.29) is 11.4 Å². The highest BCUT2D eigenvalue weighted by Gasteiger charge is 2.30. The summed E-state index contributed by atoms with van der Waals surface area (Å²) in [5.74, 6) is -1.27. The number of rotatable bonds is 5. The van der Waals surface area contributed by atoms with Crippen molar-refractivity contribution >= 4 is 35.4 Å². The Balaban J connectivity index is 1.93. The molecule has 0 spiro atoms. The Bertz CT molecular complexity index is 852. The quantitative estimate of drug-likeness (QED) is 0.601. The minimum absolute atomic E-state index is 0.171. The molecule has 27 heavy (non-hydrogen) atoms. The molecule has 0 fully saturated rings. The van der Waals surface area contributed by atoms with Crippen molar-refractivity contribution in [2.75, 3.05) is 5.32 Å². The minimum Gasteiger partial charge on any atom is -0.449 e. The van der Waals surface area contributed by atoms with E-state index in [1.54, 1.807) is 0 Å². The maximum absolute atomic E-state index is 12.7. The number of nitrogens with zero attached hydrogens (tertiary/aromatic N) is 1. The van der Waals surface area contributed by atoms with Crippen LogP contribution < -0.4 is 5.32 Å². The fourth-order valence-electron chi connectivity index (χ4n) is 1.93. The van der Waals surface area contributed by atoms with Gasteiger partial charge in [-0.2, -0.15) is 13.2 Å². The van der Waals surface area contributed by atoms with Gasteiger partial charge in [0.2, 0.25) is 0 Å². The molecule has 0 aliphatic rings. The number of carbonyl (C=O) groups excluding carboxylic acids is 2. The predicted octanol–water partition coefficient (Wildman–Crippen LogP) is 4.34. The maximum atomic E-state index is 12.7. The number of alkyl halides is 3. The predicted molar refractivity (Wildman–Crippen MR) is 93.9 cm³/mol. The number of hydrogen-bond donors (Lipinski definition) is 1. The summed E-state index contributed by atoms with van der Waals surface area (Å²) >= 11 is 5.69. The third-order valence-electron chi connectivity index (χ3n) is 3.27. The zero-order valence-corrected chi connectivity index (χ0v) is 14.7. The molecule has 1 atom stereocenters. The zero-order chi connectivity index (χ0) is 20.0. The van der Waals surface area contributed by atoms with Gasteiger partial charge in [-0.05, 0) is 42.8 Å². The lowest BCUT2D eigenvalue weighted by molar-refractivity contribution is -0.148. The number of benzene rings is 1. The smallest absolute Gasteiger partial charge is 0.416 e. The monoisotopic (exact) mass is 398 g/mol. The number of pyridine rings is 1. The number of hydrogen-bond acceptors (Lipinski definition) is 4. The fraction of sp³-hybridized carbons (Fsp3) is 0.167. The van der Waals surface area contributed by atoms with Crippen LogP contribution in [-0.4, -0.2) is 23.0 Å². The summed E-state index contributed by atoms with van der Waals surface area (Å²) in [5.41, 5.74) is -0.662. The van der Waals surface area contributed by atoms with Gasteiger partial charge in [-0.1, -0.05) is 23.7 Å². The van der Waals surface area contributed by atoms with Crippen molar-refractivity contribution in [3.05, 3.63) is 64.8 Å². The Labute approximate surface area is 157 Å². The van der Waals surface area contributed by atoms with Crippen molar-refractivity contribution in [3.8, 4) is 0 Å². The molecule has 2 aromatic rings. The number of aromatic nitrogens is 1. The lowest BCUT2D eigenvalue weighted by atomic mass is 10.1. The zero-order valence-electron chi connectivity index (χ0n) is 14.0. The number of carbonyl (C=O) groups is 2. The van der Waals surface area contributed by atoms with Crippen LogP contribution in [0.1, 0.15) is 18.1 Å². The van der Waals surface area contributed by atoms with Gasteiger partial charge in [0.1, 0.15) is 5.82 Å². The number of esters is 1. The van der Waals surface area contributed by atoms with Crippen molar-refractivity contribution in [1.29, 1.82) is 0 Å². The Morgan fingerprint density at radius 2 is 2.00 bits per heavy atom. The number of amides is 1. The Kier molecular flexibility index (Phi) is 6.57. The molecular formula is C18H14ClF3N2O3. The second-order valence-electron chi connectivity index (χ2n) is 5.39. The first-order chi connectivity index (χ1) is 12.6. The van der Waals surface area contributed by atoms with E-state index in [1.807, 2.05) is 0 Å². The van der Waals surface area contributed by atoms with Crippen LogP contribution in [0.5, 0.6) is 0 Å². The molecule has 0 aliphatic carbocycles. The third-order valence-corrected chi connectivity index (χ3v) is 3.49. The topological polar surface area (TPSA) is 68.3 Å². The van der Waals surface area contributed by atoms with E-state index >= 15 is 0 Å². The molecule has 1 amide bonds. The molecule has 0 radical (unpaired) electrons. The molecule has 5 nitrogen and oxygen atoms in total. The van der Waals surface area contributed by atoms with Gasteiger partial charge in [0, 0.05) is 12.3 Å².